The molecule has 3 rings (SSSR count). The molecule has 0 aromatic heterocycles. The number of carbonyl (C=O) groups excluding carboxylic acids is 1. The van der Waals surface area contributed by atoms with Gasteiger partial charge in [-0.15, -0.1) is 0 Å². The molecule has 0 fully saturated rings. The molecule has 2 aromatic rings. The van der Waals surface area contributed by atoms with Gasteiger partial charge in [-0.3, -0.25) is 4.79 Å². The first-order chi connectivity index (χ1) is 11.8. The zero-order valence-electron chi connectivity index (χ0n) is 12.6. The Kier molecular flexibility index (Phi) is 4.59. The van der Waals surface area contributed by atoms with Gasteiger partial charge >= 0.3 is 6.18 Å². The van der Waals surface area contributed by atoms with E-state index in [1.54, 1.807) is 12.1 Å². The number of alkyl halides is 3. The van der Waals surface area contributed by atoms with E-state index < -0.39 is 17.5 Å². The first-order valence-electron chi connectivity index (χ1n) is 7.08. The number of halogens is 4. The molecule has 0 atom stereocenters. The molecule has 1 aliphatic heterocycles. The van der Waals surface area contributed by atoms with Crippen LogP contribution in [0.25, 0.3) is 0 Å². The van der Waals surface area contributed by atoms with Crippen molar-refractivity contribution in [3.05, 3.63) is 64.8 Å². The van der Waals surface area contributed by atoms with Gasteiger partial charge in [0.1, 0.15) is 0 Å². The summed E-state index contributed by atoms with van der Waals surface area (Å²) in [6.07, 6.45) is -2.29. The maximum absolute atomic E-state index is 13.0. The highest BCUT2D eigenvalue weighted by molar-refractivity contribution is 6.30. The number of hydrogen-bond donors (Lipinski definition) is 1. The molecule has 0 spiro atoms. The van der Waals surface area contributed by atoms with Gasteiger partial charge in [-0.1, -0.05) is 11.6 Å². The van der Waals surface area contributed by atoms with Gasteiger partial charge in [0.15, 0.2) is 17.3 Å². The van der Waals surface area contributed by atoms with Crippen LogP contribution in [0.3, 0.4) is 0 Å². The second kappa shape index (κ2) is 6.68. The molecular formula is C17H11ClF3NO3. The van der Waals surface area contributed by atoms with Crippen LogP contribution in [-0.2, 0) is 6.18 Å². The van der Waals surface area contributed by atoms with E-state index in [1.807, 2.05) is 0 Å². The van der Waals surface area contributed by atoms with Crippen LogP contribution < -0.4 is 14.8 Å². The lowest BCUT2D eigenvalue weighted by Gasteiger charge is -2.12. The van der Waals surface area contributed by atoms with Crippen molar-refractivity contribution in [2.24, 2.45) is 0 Å². The van der Waals surface area contributed by atoms with Crippen LogP contribution in [0.1, 0.15) is 15.9 Å². The van der Waals surface area contributed by atoms with Gasteiger partial charge in [-0.2, -0.15) is 13.2 Å². The number of ether oxygens (including phenoxy) is 2. The minimum absolute atomic E-state index is 0.0294. The van der Waals surface area contributed by atoms with Crippen LogP contribution >= 0.6 is 11.6 Å². The predicted molar refractivity (Wildman–Crippen MR) is 86.1 cm³/mol. The van der Waals surface area contributed by atoms with Crippen LogP contribution in [0.5, 0.6) is 11.5 Å². The van der Waals surface area contributed by atoms with Gasteiger partial charge in [0.25, 0.3) is 0 Å². The summed E-state index contributed by atoms with van der Waals surface area (Å²) in [4.78, 5) is 12.1. The number of ketones is 1. The van der Waals surface area contributed by atoms with Crippen molar-refractivity contribution in [1.82, 2.24) is 0 Å². The molecule has 8 heteroatoms. The van der Waals surface area contributed by atoms with Gasteiger partial charge in [-0.25, -0.2) is 0 Å². The van der Waals surface area contributed by atoms with Crippen LogP contribution in [0, 0.1) is 0 Å². The summed E-state index contributed by atoms with van der Waals surface area (Å²) < 4.78 is 49.3. The van der Waals surface area contributed by atoms with Crippen LogP contribution in [-0.4, -0.2) is 12.6 Å². The lowest BCUT2D eigenvalue weighted by Crippen LogP contribution is -2.08. The third-order valence-electron chi connectivity index (χ3n) is 3.42. The zero-order valence-corrected chi connectivity index (χ0v) is 13.3. The number of rotatable bonds is 4. The average Bonchev–Trinajstić information content (AvgIpc) is 3.02. The van der Waals surface area contributed by atoms with Crippen molar-refractivity contribution in [2.45, 2.75) is 6.18 Å². The smallest absolute Gasteiger partial charge is 0.418 e. The summed E-state index contributed by atoms with van der Waals surface area (Å²) in [5.74, 6) is 0.590. The molecule has 1 heterocycles. The van der Waals surface area contributed by atoms with Gasteiger partial charge in [0.05, 0.1) is 11.3 Å². The Hall–Kier alpha value is -2.67. The standard InChI is InChI=1S/C17H11ClF3NO3/c18-11-2-3-13(12(8-11)17(19,20)21)22-6-5-14(23)10-1-4-15-16(7-10)25-9-24-15/h1-8,22H,9H2. The van der Waals surface area contributed by atoms with Crippen molar-refractivity contribution in [3.8, 4) is 11.5 Å². The fraction of sp³-hybridized carbons (Fsp3) is 0.118. The summed E-state index contributed by atoms with van der Waals surface area (Å²) in [5, 5.41) is 2.43. The molecule has 0 unspecified atom stereocenters. The number of fused-ring (bicyclic) bond motifs is 1. The summed E-state index contributed by atoms with van der Waals surface area (Å²) in [6.45, 7) is 0.0845. The summed E-state index contributed by atoms with van der Waals surface area (Å²) >= 11 is 5.61. The summed E-state index contributed by atoms with van der Waals surface area (Å²) in [6, 6.07) is 7.99. The summed E-state index contributed by atoms with van der Waals surface area (Å²) in [5.41, 5.74) is -0.790. The lowest BCUT2D eigenvalue weighted by molar-refractivity contribution is -0.136. The topological polar surface area (TPSA) is 47.6 Å². The first kappa shape index (κ1) is 17.2. The van der Waals surface area contributed by atoms with Crippen molar-refractivity contribution in [2.75, 3.05) is 12.1 Å². The Balaban J connectivity index is 1.74. The predicted octanol–water partition coefficient (Wildman–Crippen LogP) is 4.90. The van der Waals surface area contributed by atoms with Crippen LogP contribution in [0.15, 0.2) is 48.7 Å². The Labute approximate surface area is 145 Å². The highest BCUT2D eigenvalue weighted by Gasteiger charge is 2.33. The minimum Gasteiger partial charge on any atom is -0.454 e. The van der Waals surface area contributed by atoms with Gasteiger partial charge in [-0.05, 0) is 36.4 Å². The van der Waals surface area contributed by atoms with Gasteiger partial charge < -0.3 is 14.8 Å². The SMILES string of the molecule is O=C(C=CNc1ccc(Cl)cc1C(F)(F)F)c1ccc2c(c1)OCO2. The first-order valence-corrected chi connectivity index (χ1v) is 7.46. The van der Waals surface area contributed by atoms with Gasteiger partial charge in [0, 0.05) is 22.9 Å². The number of benzene rings is 2. The second-order valence-electron chi connectivity index (χ2n) is 5.10. The largest absolute Gasteiger partial charge is 0.454 e. The normalized spacial score (nSPS) is 13.3. The maximum atomic E-state index is 13.0. The van der Waals surface area contributed by atoms with E-state index in [0.29, 0.717) is 17.1 Å². The number of anilines is 1. The molecule has 0 amide bonds. The fourth-order valence-electron chi connectivity index (χ4n) is 2.23. The molecule has 25 heavy (non-hydrogen) atoms. The quantitative estimate of drug-likeness (QED) is 0.615. The number of nitrogens with one attached hydrogen (secondary N) is 1. The number of carbonyl (C=O) groups is 1. The highest BCUT2D eigenvalue weighted by atomic mass is 35.5. The van der Waals surface area contributed by atoms with Gasteiger partial charge in [0.2, 0.25) is 6.79 Å². The van der Waals surface area contributed by atoms with Crippen LogP contribution in [0.4, 0.5) is 18.9 Å². The van der Waals surface area contributed by atoms with Crippen LogP contribution in [0.2, 0.25) is 5.02 Å². The third kappa shape index (κ3) is 3.88. The number of allylic oxidation sites excluding steroid dienone is 1. The molecule has 1 aliphatic rings. The Morgan fingerprint density at radius 3 is 2.64 bits per heavy atom. The maximum Gasteiger partial charge on any atom is 0.418 e. The van der Waals surface area contributed by atoms with E-state index in [9.17, 15) is 18.0 Å². The van der Waals surface area contributed by atoms with E-state index in [0.717, 1.165) is 18.3 Å². The third-order valence-corrected chi connectivity index (χ3v) is 3.65. The molecular weight excluding hydrogens is 359 g/mol. The Morgan fingerprint density at radius 2 is 1.88 bits per heavy atom. The molecule has 130 valence electrons. The molecule has 2 aromatic carbocycles. The van der Waals surface area contributed by atoms with Crippen molar-refractivity contribution >= 4 is 23.1 Å². The Bertz CT molecular complexity index is 850. The number of hydrogen-bond acceptors (Lipinski definition) is 4. The van der Waals surface area contributed by atoms with Crippen molar-refractivity contribution in [3.63, 3.8) is 0 Å². The molecule has 1 N–H and O–H groups in total. The van der Waals surface area contributed by atoms with E-state index >= 15 is 0 Å². The molecule has 0 bridgehead atoms. The minimum atomic E-state index is -4.57. The van der Waals surface area contributed by atoms with Crippen molar-refractivity contribution in [1.29, 1.82) is 0 Å². The molecule has 0 saturated heterocycles. The van der Waals surface area contributed by atoms with Crippen molar-refractivity contribution < 1.29 is 27.4 Å². The second-order valence-corrected chi connectivity index (χ2v) is 5.53. The van der Waals surface area contributed by atoms with E-state index in [-0.39, 0.29) is 17.5 Å². The lowest BCUT2D eigenvalue weighted by atomic mass is 10.1. The van der Waals surface area contributed by atoms with E-state index in [4.69, 9.17) is 21.1 Å². The van der Waals surface area contributed by atoms with E-state index in [1.165, 1.54) is 18.2 Å². The molecule has 0 radical (unpaired) electrons. The zero-order chi connectivity index (χ0) is 18.0. The molecule has 0 saturated carbocycles. The molecule has 4 nitrogen and oxygen atoms in total. The average molecular weight is 370 g/mol. The monoisotopic (exact) mass is 369 g/mol. The van der Waals surface area contributed by atoms with E-state index in [2.05, 4.69) is 5.32 Å². The fourth-order valence-corrected chi connectivity index (χ4v) is 2.40. The molecule has 0 aliphatic carbocycles. The Morgan fingerprint density at radius 1 is 1.12 bits per heavy atom. The highest BCUT2D eigenvalue weighted by Crippen LogP contribution is 2.36. The summed E-state index contributed by atoms with van der Waals surface area (Å²) in [7, 11) is 0.